The van der Waals surface area contributed by atoms with E-state index in [1.54, 1.807) is 71.8 Å². The highest BCUT2D eigenvalue weighted by molar-refractivity contribution is 14.1. The molecule has 12 N–H and O–H groups in total. The predicted molar refractivity (Wildman–Crippen MR) is 498 cm³/mol. The number of nitrogens with two attached hydrogens (primary N) is 4. The third-order valence-corrected chi connectivity index (χ3v) is 28.3. The lowest BCUT2D eigenvalue weighted by atomic mass is 10.1. The predicted octanol–water partition coefficient (Wildman–Crippen LogP) is 17.1. The van der Waals surface area contributed by atoms with E-state index < -0.39 is 0 Å². The van der Waals surface area contributed by atoms with E-state index in [1.165, 1.54) is 36.5 Å². The first kappa shape index (κ1) is 85.8. The number of nitrogen functional groups attached to an aromatic ring is 4. The van der Waals surface area contributed by atoms with Crippen molar-refractivity contribution in [3.8, 4) is 23.0 Å². The Hall–Kier alpha value is -6.08. The molecular weight excluding hydrogens is 1970 g/mol. The molecule has 4 aromatic carbocycles. The Morgan fingerprint density at radius 3 is 0.947 bits per heavy atom. The maximum absolute atomic E-state index is 6.12. The Morgan fingerprint density at radius 2 is 0.667 bits per heavy atom. The van der Waals surface area contributed by atoms with Crippen molar-refractivity contribution in [2.45, 2.75) is 210 Å². The Morgan fingerprint density at radius 1 is 0.404 bits per heavy atom. The number of aromatic nitrogens is 12. The fourth-order valence-corrected chi connectivity index (χ4v) is 20.7. The molecule has 0 saturated heterocycles. The van der Waals surface area contributed by atoms with Crippen LogP contribution < -0.4 is 63.1 Å². The minimum Gasteiger partial charge on any atom is -0.493 e. The molecule has 0 bridgehead atoms. The maximum atomic E-state index is 6.12. The molecule has 24 nitrogen and oxygen atoms in total. The van der Waals surface area contributed by atoms with Crippen LogP contribution in [0.3, 0.4) is 0 Å². The average Bonchev–Trinajstić information content (AvgIpc) is 1.64. The van der Waals surface area contributed by atoms with Crippen LogP contribution in [-0.4, -0.2) is 134 Å². The van der Waals surface area contributed by atoms with Gasteiger partial charge in [0.2, 0.25) is 0 Å². The standard InChI is InChI=1S/2C21H26IN5OS.2C20H24IN5OS/c2*1-21(2,3)25-7-4-9-27-15-5-8-24-19(23)18(15)26-20(27)29-17-12-16-13(6-10-28-16)11-14(17)22;2*1-12(2)23-6-3-8-26-15-4-7-24-19(22)18(15)25-20(26)28-17-11-16-13(5-9-27-16)10-14(17)21/h2*5,8,11-12,25H,4,6-7,9-10H2,1-3H3,(H2,23,24);2*4,7,10-12,23H,3,5-6,8-9H2,1-2H3,(H2,22,24)/i22+4;22-3;21+4;21-3. The van der Waals surface area contributed by atoms with Gasteiger partial charge in [0.25, 0.3) is 0 Å². The van der Waals surface area contributed by atoms with Crippen molar-refractivity contribution in [2.24, 2.45) is 0 Å². The van der Waals surface area contributed by atoms with Gasteiger partial charge in [-0.25, -0.2) is 39.9 Å². The number of ether oxygens (including phenoxy) is 4. The number of anilines is 4. The van der Waals surface area contributed by atoms with Gasteiger partial charge in [-0.3, -0.25) is 0 Å². The molecule has 604 valence electrons. The molecule has 4 aliphatic heterocycles. The minimum atomic E-state index is 0.115. The van der Waals surface area contributed by atoms with Gasteiger partial charge in [0.1, 0.15) is 45.1 Å². The highest BCUT2D eigenvalue weighted by Gasteiger charge is 2.26. The summed E-state index contributed by atoms with van der Waals surface area (Å²) < 4.78 is 37.0. The summed E-state index contributed by atoms with van der Waals surface area (Å²) in [5.41, 5.74) is 37.0. The molecule has 0 aliphatic carbocycles. The quantitative estimate of drug-likeness (QED) is 0.0184. The number of nitrogens with one attached hydrogen (secondary N) is 4. The minimum absolute atomic E-state index is 0.115. The third kappa shape index (κ3) is 21.7. The van der Waals surface area contributed by atoms with E-state index in [1.807, 2.05) is 24.3 Å². The Bertz CT molecular complexity index is 5080. The number of hydrogen-bond donors (Lipinski definition) is 8. The number of rotatable bonds is 26. The molecule has 0 saturated carbocycles. The number of pyridine rings is 4. The summed E-state index contributed by atoms with van der Waals surface area (Å²) >= 11 is 16.3. The molecule has 0 spiro atoms. The molecule has 0 amide bonds. The van der Waals surface area contributed by atoms with Crippen LogP contribution in [0.1, 0.15) is 117 Å². The van der Waals surface area contributed by atoms with E-state index in [0.29, 0.717) is 35.4 Å². The summed E-state index contributed by atoms with van der Waals surface area (Å²) in [7, 11) is 0. The lowest BCUT2D eigenvalue weighted by Crippen LogP contribution is -2.36. The van der Waals surface area contributed by atoms with Crippen molar-refractivity contribution < 1.29 is 18.9 Å². The van der Waals surface area contributed by atoms with Crippen molar-refractivity contribution >= 4 is 205 Å². The van der Waals surface area contributed by atoms with Crippen molar-refractivity contribution in [3.05, 3.63) is 134 Å². The molecule has 0 atom stereocenters. The van der Waals surface area contributed by atoms with Gasteiger partial charge in [-0.1, -0.05) is 74.7 Å². The monoisotopic (exact) mass is 2070 g/mol. The largest absolute Gasteiger partial charge is 0.493 e. The molecule has 0 unspecified atom stereocenters. The molecule has 32 heteroatoms. The number of hydrogen-bond acceptors (Lipinski definition) is 24. The Labute approximate surface area is 738 Å². The Kier molecular flexibility index (Phi) is 29.2. The van der Waals surface area contributed by atoms with Gasteiger partial charge in [0, 0.05) is 134 Å². The van der Waals surface area contributed by atoms with E-state index in [2.05, 4.69) is 268 Å². The van der Waals surface area contributed by atoms with Crippen molar-refractivity contribution in [2.75, 3.05) is 75.5 Å². The van der Waals surface area contributed by atoms with Gasteiger partial charge >= 0.3 is 0 Å². The van der Waals surface area contributed by atoms with Crippen LogP contribution in [0, 0.1) is 14.3 Å². The molecule has 12 aromatic rings. The lowest BCUT2D eigenvalue weighted by molar-refractivity contribution is 0.356. The van der Waals surface area contributed by atoms with E-state index in [9.17, 15) is 0 Å². The highest BCUT2D eigenvalue weighted by Crippen LogP contribution is 2.44. The van der Waals surface area contributed by atoms with Gasteiger partial charge < -0.3 is 81.4 Å². The number of nitrogens with zero attached hydrogens (tertiary/aromatic N) is 12. The number of benzene rings is 4. The third-order valence-electron chi connectivity index (χ3n) is 19.1. The van der Waals surface area contributed by atoms with Crippen LogP contribution in [-0.2, 0) is 51.9 Å². The highest BCUT2D eigenvalue weighted by atomic mass is 131. The van der Waals surface area contributed by atoms with Crippen LogP contribution in [0.15, 0.2) is 138 Å². The zero-order chi connectivity index (χ0) is 80.5. The smallest absolute Gasteiger partial charge is 0.174 e. The van der Waals surface area contributed by atoms with Gasteiger partial charge in [-0.15, -0.1) is 0 Å². The molecular formula is C82H100I4N20O4S4. The van der Waals surface area contributed by atoms with Gasteiger partial charge in [0.05, 0.1) is 48.5 Å². The topological polar surface area (TPSA) is 312 Å². The maximum Gasteiger partial charge on any atom is 0.174 e. The van der Waals surface area contributed by atoms with Gasteiger partial charge in [-0.05, 0) is 279 Å². The number of fused-ring (bicyclic) bond motifs is 8. The Balaban J connectivity index is 0.000000133. The first-order valence-corrected chi connectivity index (χ1v) is 46.2. The molecule has 4 aliphatic rings. The molecule has 16 rings (SSSR count). The molecule has 114 heavy (non-hydrogen) atoms. The summed E-state index contributed by atoms with van der Waals surface area (Å²) in [4.78, 5) is 40.8. The van der Waals surface area contributed by atoms with Crippen molar-refractivity contribution in [1.82, 2.24) is 79.4 Å². The summed E-state index contributed by atoms with van der Waals surface area (Å²) in [5.74, 6) is 5.87. The van der Waals surface area contributed by atoms with E-state index in [0.717, 1.165) is 237 Å². The van der Waals surface area contributed by atoms with Crippen LogP contribution >= 0.6 is 137 Å². The number of aryl methyl sites for hydroxylation is 4. The zero-order valence-corrected chi connectivity index (χ0v) is 77.9. The second-order valence-electron chi connectivity index (χ2n) is 30.8. The summed E-state index contributed by atoms with van der Waals surface area (Å²) in [6.45, 7) is 32.1. The second kappa shape index (κ2) is 38.8. The molecule has 0 fully saturated rings. The fourth-order valence-electron chi connectivity index (χ4n) is 13.4. The van der Waals surface area contributed by atoms with Gasteiger partial charge in [0.15, 0.2) is 43.9 Å². The molecule has 12 heterocycles. The van der Waals surface area contributed by atoms with Crippen LogP contribution in [0.4, 0.5) is 23.3 Å². The summed E-state index contributed by atoms with van der Waals surface area (Å²) in [6, 6.07) is 26.4. The normalized spacial score (nSPS) is 13.5. The number of imidazole rings is 4. The average molecular weight is 2070 g/mol. The van der Waals surface area contributed by atoms with Crippen molar-refractivity contribution in [1.29, 1.82) is 0 Å². The first-order valence-electron chi connectivity index (χ1n) is 38.6. The molecule has 8 aromatic heterocycles. The molecule has 0 radical (unpaired) electrons. The van der Waals surface area contributed by atoms with E-state index in [4.69, 9.17) is 61.8 Å². The van der Waals surface area contributed by atoms with Crippen LogP contribution in [0.5, 0.6) is 23.0 Å². The van der Waals surface area contributed by atoms with Crippen molar-refractivity contribution in [3.63, 3.8) is 0 Å². The van der Waals surface area contributed by atoms with Crippen LogP contribution in [0.2, 0.25) is 0 Å². The fraction of sp³-hybridized carbons (Fsp3) is 0.415. The second-order valence-corrected chi connectivity index (χ2v) is 39.5. The lowest BCUT2D eigenvalue weighted by Gasteiger charge is -2.20. The summed E-state index contributed by atoms with van der Waals surface area (Å²) in [6.07, 6.45) is 15.0. The SMILES string of the molecule is CC(C)(C)NCCCn1c(Sc2cc3c(cc2[124I])CCO3)nc2c(N)nccc21.CC(C)(C)NCCCn1c(Sc2cc3c(cc2[131I])CCO3)nc2c(N)nccc21.CC(C)NCCCn1c(Sc2cc3c(cc2[124I])CCO3)nc2c(N)nccc21.CC(C)NCCCn1c(Sc2cc3c(cc2[131I])CCO3)nc2c(N)nccc21. The first-order chi connectivity index (χ1) is 54.7. The number of halogens is 4. The van der Waals surface area contributed by atoms with Crippen LogP contribution in [0.25, 0.3) is 44.1 Å². The van der Waals surface area contributed by atoms with E-state index >= 15 is 0 Å². The van der Waals surface area contributed by atoms with Gasteiger partial charge in [-0.2, -0.15) is 0 Å². The summed E-state index contributed by atoms with van der Waals surface area (Å²) in [5, 5.41) is 17.8. The van der Waals surface area contributed by atoms with E-state index in [-0.39, 0.29) is 11.1 Å². The zero-order valence-electron chi connectivity index (χ0n) is 66.0.